The van der Waals surface area contributed by atoms with E-state index in [-0.39, 0.29) is 0 Å². The number of nitrogens with zero attached hydrogens (tertiary/aromatic N) is 1. The van der Waals surface area contributed by atoms with Crippen LogP contribution < -0.4 is 0 Å². The molecule has 0 saturated heterocycles. The molecule has 1 aromatic rings. The molecule has 0 aliphatic rings. The predicted molar refractivity (Wildman–Crippen MR) is 63.4 cm³/mol. The topological polar surface area (TPSA) is 4.93 Å². The summed E-state index contributed by atoms with van der Waals surface area (Å²) in [6, 6.07) is 2.23. The summed E-state index contributed by atoms with van der Waals surface area (Å²) in [6.45, 7) is 8.30. The molecule has 0 unspecified atom stereocenters. The highest BCUT2D eigenvalue weighted by Gasteiger charge is 2.05. The van der Waals surface area contributed by atoms with Crippen LogP contribution in [0.1, 0.15) is 44.4 Å². The lowest BCUT2D eigenvalue weighted by Crippen LogP contribution is -1.97. The average molecular weight is 191 g/mol. The first-order valence-electron chi connectivity index (χ1n) is 5.64. The fourth-order valence-corrected chi connectivity index (χ4v) is 1.82. The Bertz CT molecular complexity index is 283. The maximum atomic E-state index is 3.84. The van der Waals surface area contributed by atoms with E-state index < -0.39 is 0 Å². The monoisotopic (exact) mass is 191 g/mol. The van der Waals surface area contributed by atoms with Gasteiger partial charge in [-0.05, 0) is 30.9 Å². The van der Waals surface area contributed by atoms with Crippen molar-refractivity contribution in [3.8, 4) is 0 Å². The number of unbranched alkanes of at least 4 members (excludes halogenated alkanes) is 1. The highest BCUT2D eigenvalue weighted by atomic mass is 14.9. The smallest absolute Gasteiger partial charge is 0.0252 e. The first kappa shape index (κ1) is 11.1. The summed E-state index contributed by atoms with van der Waals surface area (Å²) in [5.74, 6) is 0. The van der Waals surface area contributed by atoms with Gasteiger partial charge in [-0.1, -0.05) is 33.3 Å². The summed E-state index contributed by atoms with van der Waals surface area (Å²) in [4.78, 5) is 0. The molecular formula is C13H21N. The minimum Gasteiger partial charge on any atom is -0.328 e. The van der Waals surface area contributed by atoms with Crippen LogP contribution in [0.2, 0.25) is 0 Å². The van der Waals surface area contributed by atoms with Gasteiger partial charge in [-0.2, -0.15) is 0 Å². The van der Waals surface area contributed by atoms with Gasteiger partial charge < -0.3 is 4.57 Å². The van der Waals surface area contributed by atoms with Crippen LogP contribution in [0.4, 0.5) is 0 Å². The SMILES string of the molecule is C=Cn1ccc(CCC)c1CCCC. The molecule has 0 aliphatic carbocycles. The Labute approximate surface area is 87.4 Å². The Hall–Kier alpha value is -0.980. The summed E-state index contributed by atoms with van der Waals surface area (Å²) in [5, 5.41) is 0. The molecule has 0 aromatic carbocycles. The first-order chi connectivity index (χ1) is 6.83. The van der Waals surface area contributed by atoms with E-state index in [9.17, 15) is 0 Å². The van der Waals surface area contributed by atoms with E-state index in [0.717, 1.165) is 0 Å². The molecule has 0 bridgehead atoms. The van der Waals surface area contributed by atoms with Gasteiger partial charge in [-0.3, -0.25) is 0 Å². The van der Waals surface area contributed by atoms with Crippen LogP contribution in [0.25, 0.3) is 6.20 Å². The van der Waals surface area contributed by atoms with Gasteiger partial charge in [0.15, 0.2) is 0 Å². The Morgan fingerprint density at radius 1 is 1.29 bits per heavy atom. The number of hydrogen-bond donors (Lipinski definition) is 0. The van der Waals surface area contributed by atoms with Crippen molar-refractivity contribution in [2.45, 2.75) is 46.0 Å². The van der Waals surface area contributed by atoms with Crippen LogP contribution in [0.3, 0.4) is 0 Å². The zero-order chi connectivity index (χ0) is 10.4. The molecule has 14 heavy (non-hydrogen) atoms. The summed E-state index contributed by atoms with van der Waals surface area (Å²) in [7, 11) is 0. The third-order valence-electron chi connectivity index (χ3n) is 2.60. The molecular weight excluding hydrogens is 170 g/mol. The van der Waals surface area contributed by atoms with Crippen molar-refractivity contribution in [1.82, 2.24) is 4.57 Å². The van der Waals surface area contributed by atoms with E-state index in [2.05, 4.69) is 37.3 Å². The van der Waals surface area contributed by atoms with E-state index >= 15 is 0 Å². The van der Waals surface area contributed by atoms with Crippen LogP contribution in [0.15, 0.2) is 18.8 Å². The first-order valence-corrected chi connectivity index (χ1v) is 5.64. The molecule has 0 aliphatic heterocycles. The fraction of sp³-hybridized carbons (Fsp3) is 0.538. The number of hydrogen-bond acceptors (Lipinski definition) is 0. The molecule has 1 heteroatoms. The molecule has 1 aromatic heterocycles. The van der Waals surface area contributed by atoms with E-state index in [1.54, 1.807) is 0 Å². The quantitative estimate of drug-likeness (QED) is 0.643. The summed E-state index contributed by atoms with van der Waals surface area (Å²) < 4.78 is 2.17. The maximum absolute atomic E-state index is 3.84. The van der Waals surface area contributed by atoms with E-state index in [1.807, 2.05) is 6.20 Å². The zero-order valence-corrected chi connectivity index (χ0v) is 9.42. The normalized spacial score (nSPS) is 10.4. The second-order valence-corrected chi connectivity index (χ2v) is 3.73. The molecule has 0 atom stereocenters. The number of rotatable bonds is 6. The van der Waals surface area contributed by atoms with Crippen molar-refractivity contribution in [1.29, 1.82) is 0 Å². The van der Waals surface area contributed by atoms with Gasteiger partial charge in [0.25, 0.3) is 0 Å². The van der Waals surface area contributed by atoms with Crippen molar-refractivity contribution in [2.75, 3.05) is 0 Å². The van der Waals surface area contributed by atoms with E-state index in [4.69, 9.17) is 0 Å². The van der Waals surface area contributed by atoms with Crippen LogP contribution in [0, 0.1) is 0 Å². The van der Waals surface area contributed by atoms with Gasteiger partial charge in [-0.25, -0.2) is 0 Å². The predicted octanol–water partition coefficient (Wildman–Crippen LogP) is 3.88. The fourth-order valence-electron chi connectivity index (χ4n) is 1.82. The minimum absolute atomic E-state index is 1.19. The Morgan fingerprint density at radius 2 is 2.07 bits per heavy atom. The third-order valence-corrected chi connectivity index (χ3v) is 2.60. The maximum Gasteiger partial charge on any atom is 0.0252 e. The van der Waals surface area contributed by atoms with Gasteiger partial charge in [0, 0.05) is 18.1 Å². The largest absolute Gasteiger partial charge is 0.328 e. The van der Waals surface area contributed by atoms with Gasteiger partial charge >= 0.3 is 0 Å². The van der Waals surface area contributed by atoms with Crippen LogP contribution in [-0.2, 0) is 12.8 Å². The van der Waals surface area contributed by atoms with Crippen molar-refractivity contribution >= 4 is 6.20 Å². The van der Waals surface area contributed by atoms with Gasteiger partial charge in [0.1, 0.15) is 0 Å². The van der Waals surface area contributed by atoms with E-state index in [0.29, 0.717) is 0 Å². The van der Waals surface area contributed by atoms with Crippen LogP contribution in [-0.4, -0.2) is 4.57 Å². The second kappa shape index (κ2) is 5.69. The highest BCUT2D eigenvalue weighted by molar-refractivity contribution is 5.32. The van der Waals surface area contributed by atoms with Crippen LogP contribution >= 0.6 is 0 Å². The molecule has 0 spiro atoms. The van der Waals surface area contributed by atoms with Crippen molar-refractivity contribution in [3.63, 3.8) is 0 Å². The average Bonchev–Trinajstić information content (AvgIpc) is 2.58. The lowest BCUT2D eigenvalue weighted by atomic mass is 10.1. The Morgan fingerprint density at radius 3 is 2.64 bits per heavy atom. The molecule has 0 N–H and O–H groups in total. The van der Waals surface area contributed by atoms with Crippen molar-refractivity contribution in [3.05, 3.63) is 30.1 Å². The molecule has 0 saturated carbocycles. The zero-order valence-electron chi connectivity index (χ0n) is 9.42. The molecule has 0 amide bonds. The number of aromatic nitrogens is 1. The van der Waals surface area contributed by atoms with Crippen molar-refractivity contribution in [2.24, 2.45) is 0 Å². The lowest BCUT2D eigenvalue weighted by Gasteiger charge is -2.06. The summed E-state index contributed by atoms with van der Waals surface area (Å²) >= 11 is 0. The second-order valence-electron chi connectivity index (χ2n) is 3.73. The van der Waals surface area contributed by atoms with Gasteiger partial charge in [0.2, 0.25) is 0 Å². The minimum atomic E-state index is 1.19. The molecule has 1 nitrogen and oxygen atoms in total. The molecule has 78 valence electrons. The molecule has 0 fully saturated rings. The standard InChI is InChI=1S/C13H21N/c1-4-7-9-13-12(8-5-2)10-11-14(13)6-3/h6,10-11H,3-5,7-9H2,1-2H3. The van der Waals surface area contributed by atoms with Gasteiger partial charge in [0.05, 0.1) is 0 Å². The number of aryl methyl sites for hydroxylation is 1. The summed E-state index contributed by atoms with van der Waals surface area (Å²) in [6.07, 6.45) is 10.2. The summed E-state index contributed by atoms with van der Waals surface area (Å²) in [5.41, 5.74) is 2.96. The molecule has 1 rings (SSSR count). The molecule has 0 radical (unpaired) electrons. The highest BCUT2D eigenvalue weighted by Crippen LogP contribution is 2.16. The lowest BCUT2D eigenvalue weighted by molar-refractivity contribution is 0.753. The van der Waals surface area contributed by atoms with Crippen molar-refractivity contribution < 1.29 is 0 Å². The molecule has 1 heterocycles. The Balaban J connectivity index is 2.81. The van der Waals surface area contributed by atoms with E-state index in [1.165, 1.54) is 43.4 Å². The van der Waals surface area contributed by atoms with Crippen LogP contribution in [0.5, 0.6) is 0 Å². The van der Waals surface area contributed by atoms with Gasteiger partial charge in [-0.15, -0.1) is 0 Å². The Kier molecular flexibility index (Phi) is 4.51. The third kappa shape index (κ3) is 2.50.